The topological polar surface area (TPSA) is 88.0 Å². The van der Waals surface area contributed by atoms with Crippen LogP contribution in [-0.4, -0.2) is 32.1 Å². The van der Waals surface area contributed by atoms with E-state index in [0.29, 0.717) is 11.4 Å². The summed E-state index contributed by atoms with van der Waals surface area (Å²) >= 11 is 0. The maximum atomic E-state index is 12.6. The second-order valence-corrected chi connectivity index (χ2v) is 7.73. The predicted octanol–water partition coefficient (Wildman–Crippen LogP) is 4.80. The molecule has 0 aliphatic heterocycles. The Bertz CT molecular complexity index is 1470. The molecule has 0 atom stereocenters. The lowest BCUT2D eigenvalue weighted by Gasteiger charge is -2.04. The first kappa shape index (κ1) is 20.4. The summed E-state index contributed by atoms with van der Waals surface area (Å²) in [5.41, 5.74) is 8.15. The molecule has 0 fully saturated rings. The molecule has 0 saturated carbocycles. The van der Waals surface area contributed by atoms with Crippen molar-refractivity contribution in [2.75, 3.05) is 0 Å². The fraction of sp³-hybridized carbons (Fsp3) is 0.0769. The number of hydrogen-bond donors (Lipinski definition) is 2. The summed E-state index contributed by atoms with van der Waals surface area (Å²) in [6.07, 6.45) is 1.65. The van der Waals surface area contributed by atoms with Gasteiger partial charge in [-0.3, -0.25) is 9.89 Å². The molecule has 2 aromatic heterocycles. The van der Waals surface area contributed by atoms with Crippen LogP contribution in [0.2, 0.25) is 0 Å². The van der Waals surface area contributed by atoms with E-state index >= 15 is 0 Å². The quantitative estimate of drug-likeness (QED) is 0.308. The first-order valence-electron chi connectivity index (χ1n) is 10.6. The van der Waals surface area contributed by atoms with Crippen molar-refractivity contribution in [3.8, 4) is 16.9 Å². The standard InChI is InChI=1S/C26H22N6O/c1-17-25(18(2)32(31-17)21-12-4-3-5-13-21)23-15-24(29-28-23)26(33)30-27-16-20-11-8-10-19-9-6-7-14-22(19)20/h3-16H,1-2H3,(H,28,29)(H,30,33)/b27-16+. The summed E-state index contributed by atoms with van der Waals surface area (Å²) in [5, 5.41) is 18.2. The van der Waals surface area contributed by atoms with Gasteiger partial charge in [-0.05, 0) is 42.8 Å². The SMILES string of the molecule is Cc1nn(-c2ccccc2)c(C)c1-c1cc(C(=O)N/N=C/c2cccc3ccccc23)[nH]n1. The number of hydrazone groups is 1. The Morgan fingerprint density at radius 1 is 1.00 bits per heavy atom. The van der Waals surface area contributed by atoms with Crippen LogP contribution in [-0.2, 0) is 0 Å². The van der Waals surface area contributed by atoms with Crippen molar-refractivity contribution in [1.29, 1.82) is 0 Å². The molecular formula is C26H22N6O. The lowest BCUT2D eigenvalue weighted by atomic mass is 10.1. The summed E-state index contributed by atoms with van der Waals surface area (Å²) in [6, 6.07) is 25.6. The fourth-order valence-electron chi connectivity index (χ4n) is 3.98. The van der Waals surface area contributed by atoms with E-state index in [0.717, 1.165) is 39.0 Å². The normalized spacial score (nSPS) is 11.3. The Morgan fingerprint density at radius 2 is 1.76 bits per heavy atom. The fourth-order valence-corrected chi connectivity index (χ4v) is 3.98. The molecule has 0 bridgehead atoms. The van der Waals surface area contributed by atoms with Crippen molar-refractivity contribution in [3.63, 3.8) is 0 Å². The van der Waals surface area contributed by atoms with Crippen LogP contribution in [0.25, 0.3) is 27.7 Å². The maximum absolute atomic E-state index is 12.6. The van der Waals surface area contributed by atoms with Crippen LogP contribution < -0.4 is 5.43 Å². The third kappa shape index (κ3) is 3.92. The molecule has 7 nitrogen and oxygen atoms in total. The van der Waals surface area contributed by atoms with Crippen molar-refractivity contribution >= 4 is 22.9 Å². The molecule has 0 aliphatic carbocycles. The number of rotatable bonds is 5. The van der Waals surface area contributed by atoms with Crippen molar-refractivity contribution in [2.45, 2.75) is 13.8 Å². The largest absolute Gasteiger partial charge is 0.289 e. The van der Waals surface area contributed by atoms with Gasteiger partial charge in [-0.1, -0.05) is 60.7 Å². The third-order valence-electron chi connectivity index (χ3n) is 5.56. The van der Waals surface area contributed by atoms with E-state index in [4.69, 9.17) is 0 Å². The highest BCUT2D eigenvalue weighted by Gasteiger charge is 2.18. The number of carbonyl (C=O) groups is 1. The van der Waals surface area contributed by atoms with Gasteiger partial charge in [-0.2, -0.15) is 15.3 Å². The monoisotopic (exact) mass is 434 g/mol. The van der Waals surface area contributed by atoms with Gasteiger partial charge in [0.15, 0.2) is 0 Å². The second kappa shape index (κ2) is 8.55. The molecular weight excluding hydrogens is 412 g/mol. The average Bonchev–Trinajstić information content (AvgIpc) is 3.44. The Kier molecular flexibility index (Phi) is 5.28. The van der Waals surface area contributed by atoms with Crippen LogP contribution in [0.1, 0.15) is 27.4 Å². The van der Waals surface area contributed by atoms with Crippen molar-refractivity contribution in [2.24, 2.45) is 5.10 Å². The summed E-state index contributed by atoms with van der Waals surface area (Å²) in [6.45, 7) is 3.93. The molecule has 0 aliphatic rings. The highest BCUT2D eigenvalue weighted by Crippen LogP contribution is 2.27. The van der Waals surface area contributed by atoms with Crippen LogP contribution in [0.15, 0.2) is 84.0 Å². The van der Waals surface area contributed by atoms with E-state index < -0.39 is 0 Å². The summed E-state index contributed by atoms with van der Waals surface area (Å²) in [4.78, 5) is 12.6. The van der Waals surface area contributed by atoms with Crippen LogP contribution >= 0.6 is 0 Å². The number of nitrogens with zero attached hydrogens (tertiary/aromatic N) is 4. The zero-order valence-electron chi connectivity index (χ0n) is 18.3. The van der Waals surface area contributed by atoms with Gasteiger partial charge in [0.25, 0.3) is 5.91 Å². The molecule has 7 heteroatoms. The lowest BCUT2D eigenvalue weighted by molar-refractivity contribution is 0.0950. The second-order valence-electron chi connectivity index (χ2n) is 7.73. The third-order valence-corrected chi connectivity index (χ3v) is 5.56. The minimum Gasteiger partial charge on any atom is -0.272 e. The predicted molar refractivity (Wildman–Crippen MR) is 130 cm³/mol. The van der Waals surface area contributed by atoms with Crippen LogP contribution in [0, 0.1) is 13.8 Å². The minimum absolute atomic E-state index is 0.325. The van der Waals surface area contributed by atoms with Crippen LogP contribution in [0.4, 0.5) is 0 Å². The molecule has 0 spiro atoms. The molecule has 162 valence electrons. The molecule has 3 aromatic carbocycles. The van der Waals surface area contributed by atoms with Crippen LogP contribution in [0.3, 0.4) is 0 Å². The Hall–Kier alpha value is -4.52. The molecule has 2 N–H and O–H groups in total. The van der Waals surface area contributed by atoms with Gasteiger partial charge in [-0.25, -0.2) is 10.1 Å². The molecule has 0 radical (unpaired) electrons. The Balaban J connectivity index is 1.35. The highest BCUT2D eigenvalue weighted by molar-refractivity contribution is 6.00. The maximum Gasteiger partial charge on any atom is 0.289 e. The van der Waals surface area contributed by atoms with Gasteiger partial charge in [0.2, 0.25) is 0 Å². The average molecular weight is 435 g/mol. The van der Waals surface area contributed by atoms with E-state index in [1.54, 1.807) is 12.3 Å². The van der Waals surface area contributed by atoms with Crippen molar-refractivity contribution in [3.05, 3.63) is 102 Å². The van der Waals surface area contributed by atoms with Gasteiger partial charge < -0.3 is 0 Å². The number of nitrogens with one attached hydrogen (secondary N) is 2. The van der Waals surface area contributed by atoms with Gasteiger partial charge in [0.1, 0.15) is 5.69 Å². The van der Waals surface area contributed by atoms with Gasteiger partial charge in [-0.15, -0.1) is 0 Å². The van der Waals surface area contributed by atoms with Gasteiger partial charge in [0.05, 0.1) is 29.0 Å². The van der Waals surface area contributed by atoms with Gasteiger partial charge >= 0.3 is 0 Å². The van der Waals surface area contributed by atoms with Crippen molar-refractivity contribution in [1.82, 2.24) is 25.4 Å². The first-order chi connectivity index (χ1) is 16.1. The van der Waals surface area contributed by atoms with Gasteiger partial charge in [0, 0.05) is 11.1 Å². The number of fused-ring (bicyclic) bond motifs is 1. The van der Waals surface area contributed by atoms with E-state index in [1.807, 2.05) is 91.3 Å². The van der Waals surface area contributed by atoms with E-state index in [2.05, 4.69) is 25.8 Å². The number of aromatic amines is 1. The molecule has 0 unspecified atom stereocenters. The van der Waals surface area contributed by atoms with E-state index in [-0.39, 0.29) is 5.91 Å². The molecule has 2 heterocycles. The number of para-hydroxylation sites is 1. The number of H-pyrrole nitrogens is 1. The molecule has 0 saturated heterocycles. The summed E-state index contributed by atoms with van der Waals surface area (Å²) in [5.74, 6) is -0.365. The molecule has 33 heavy (non-hydrogen) atoms. The number of carbonyl (C=O) groups excluding carboxylic acids is 1. The zero-order valence-corrected chi connectivity index (χ0v) is 18.3. The first-order valence-corrected chi connectivity index (χ1v) is 10.6. The Morgan fingerprint density at radius 3 is 2.61 bits per heavy atom. The Labute approximate surface area is 190 Å². The van der Waals surface area contributed by atoms with E-state index in [1.165, 1.54) is 0 Å². The number of hydrogen-bond acceptors (Lipinski definition) is 4. The lowest BCUT2D eigenvalue weighted by Crippen LogP contribution is -2.18. The number of aryl methyl sites for hydroxylation is 1. The summed E-state index contributed by atoms with van der Waals surface area (Å²) < 4.78 is 1.88. The molecule has 5 aromatic rings. The zero-order chi connectivity index (χ0) is 22.8. The van der Waals surface area contributed by atoms with E-state index in [9.17, 15) is 4.79 Å². The molecule has 5 rings (SSSR count). The summed E-state index contributed by atoms with van der Waals surface area (Å²) in [7, 11) is 0. The number of amides is 1. The smallest absolute Gasteiger partial charge is 0.272 e. The number of benzene rings is 3. The van der Waals surface area contributed by atoms with Crippen LogP contribution in [0.5, 0.6) is 0 Å². The molecule has 1 amide bonds. The number of aromatic nitrogens is 4. The highest BCUT2D eigenvalue weighted by atomic mass is 16.2. The van der Waals surface area contributed by atoms with Crippen molar-refractivity contribution < 1.29 is 4.79 Å². The minimum atomic E-state index is -0.365.